The number of hydrogen-bond acceptors (Lipinski definition) is 7. The van der Waals surface area contributed by atoms with E-state index in [9.17, 15) is 14.7 Å². The summed E-state index contributed by atoms with van der Waals surface area (Å²) in [7, 11) is 1.54. The van der Waals surface area contributed by atoms with Gasteiger partial charge in [-0.15, -0.1) is 0 Å². The Kier molecular flexibility index (Phi) is 8.35. The molecule has 0 fully saturated rings. The van der Waals surface area contributed by atoms with Crippen molar-refractivity contribution in [2.75, 3.05) is 13.7 Å². The van der Waals surface area contributed by atoms with Crippen LogP contribution in [0.3, 0.4) is 0 Å². The van der Waals surface area contributed by atoms with E-state index in [4.69, 9.17) is 18.6 Å². The van der Waals surface area contributed by atoms with Gasteiger partial charge in [0.15, 0.2) is 5.89 Å². The number of oxazole rings is 1. The molecule has 9 nitrogen and oxygen atoms in total. The van der Waals surface area contributed by atoms with Crippen LogP contribution in [0.4, 0.5) is 4.79 Å². The first-order valence-corrected chi connectivity index (χ1v) is 11.2. The molecule has 0 aliphatic carbocycles. The molecular weight excluding hydrogens is 452 g/mol. The minimum Gasteiger partial charge on any atom is -0.497 e. The smallest absolute Gasteiger partial charge is 0.416 e. The summed E-state index contributed by atoms with van der Waals surface area (Å²) in [6, 6.07) is 12.0. The summed E-state index contributed by atoms with van der Waals surface area (Å²) < 4.78 is 21.8. The van der Waals surface area contributed by atoms with Crippen molar-refractivity contribution in [3.8, 4) is 17.2 Å². The largest absolute Gasteiger partial charge is 0.497 e. The average molecular weight is 483 g/mol. The number of carboxylic acid groups (broad SMARTS) is 1. The van der Waals surface area contributed by atoms with Gasteiger partial charge in [0.1, 0.15) is 29.1 Å². The summed E-state index contributed by atoms with van der Waals surface area (Å²) in [6.07, 6.45) is -0.154. The monoisotopic (exact) mass is 482 g/mol. The van der Waals surface area contributed by atoms with Crippen LogP contribution in [-0.2, 0) is 11.2 Å². The maximum absolute atomic E-state index is 13.0. The highest BCUT2D eigenvalue weighted by Crippen LogP contribution is 2.27. The molecule has 0 radical (unpaired) electrons. The first-order valence-electron chi connectivity index (χ1n) is 11.2. The molecule has 9 heteroatoms. The number of methoxy groups -OCH3 is 1. The van der Waals surface area contributed by atoms with Gasteiger partial charge in [0.2, 0.25) is 0 Å². The molecule has 2 atom stereocenters. The fourth-order valence-corrected chi connectivity index (χ4v) is 3.64. The Balaban J connectivity index is 1.68. The molecule has 1 amide bonds. The highest BCUT2D eigenvalue weighted by atomic mass is 16.6. The van der Waals surface area contributed by atoms with Crippen molar-refractivity contribution in [2.24, 2.45) is 0 Å². The number of nitrogens with zero attached hydrogens (tertiary/aromatic N) is 2. The number of ether oxygens (including phenoxy) is 3. The number of aryl methyl sites for hydroxylation is 2. The fraction of sp³-hybridized carbons (Fsp3) is 0.346. The molecule has 1 heterocycles. The molecule has 0 spiro atoms. The summed E-state index contributed by atoms with van der Waals surface area (Å²) in [6.45, 7) is 7.30. The molecule has 0 aliphatic heterocycles. The minimum absolute atomic E-state index is 0.284. The molecule has 0 aliphatic rings. The molecule has 0 bridgehead atoms. The number of hydrogen-bond donors (Lipinski definition) is 1. The van der Waals surface area contributed by atoms with Crippen molar-refractivity contribution in [3.63, 3.8) is 0 Å². The summed E-state index contributed by atoms with van der Waals surface area (Å²) in [4.78, 5) is 30.2. The molecular formula is C26H30N2O7. The highest BCUT2D eigenvalue weighted by Gasteiger charge is 2.32. The Morgan fingerprint density at radius 2 is 1.60 bits per heavy atom. The second-order valence-corrected chi connectivity index (χ2v) is 8.04. The van der Waals surface area contributed by atoms with Gasteiger partial charge < -0.3 is 23.7 Å². The van der Waals surface area contributed by atoms with Crippen LogP contribution in [0.1, 0.15) is 42.8 Å². The van der Waals surface area contributed by atoms with Gasteiger partial charge in [-0.2, -0.15) is 0 Å². The van der Waals surface area contributed by atoms with Crippen LogP contribution >= 0.6 is 0 Å². The van der Waals surface area contributed by atoms with Gasteiger partial charge in [-0.05, 0) is 62.7 Å². The van der Waals surface area contributed by atoms with E-state index in [1.807, 2.05) is 6.92 Å². The lowest BCUT2D eigenvalue weighted by Gasteiger charge is -2.31. The quantitative estimate of drug-likeness (QED) is 0.432. The lowest BCUT2D eigenvalue weighted by atomic mass is 10.1. The van der Waals surface area contributed by atoms with Crippen molar-refractivity contribution in [2.45, 2.75) is 46.2 Å². The first kappa shape index (κ1) is 25.6. The maximum Gasteiger partial charge on any atom is 0.416 e. The molecule has 3 aromatic rings. The summed E-state index contributed by atoms with van der Waals surface area (Å²) in [5.74, 6) is 1.82. The summed E-state index contributed by atoms with van der Waals surface area (Å²) in [5, 5.41) is 9.59. The van der Waals surface area contributed by atoms with Crippen LogP contribution in [0.15, 0.2) is 52.9 Å². The van der Waals surface area contributed by atoms with Gasteiger partial charge in [0.25, 0.3) is 0 Å². The van der Waals surface area contributed by atoms with Gasteiger partial charge >= 0.3 is 12.1 Å². The van der Waals surface area contributed by atoms with E-state index in [-0.39, 0.29) is 5.75 Å². The third-order valence-corrected chi connectivity index (χ3v) is 5.64. The van der Waals surface area contributed by atoms with E-state index >= 15 is 0 Å². The summed E-state index contributed by atoms with van der Waals surface area (Å²) in [5.41, 5.74) is 1.60. The molecule has 2 unspecified atom stereocenters. The molecule has 3 rings (SSSR count). The number of carboxylic acids is 1. The Morgan fingerprint density at radius 1 is 1.00 bits per heavy atom. The van der Waals surface area contributed by atoms with E-state index in [0.29, 0.717) is 30.4 Å². The zero-order chi connectivity index (χ0) is 25.5. The molecule has 0 saturated carbocycles. The van der Waals surface area contributed by atoms with Gasteiger partial charge in [-0.3, -0.25) is 4.90 Å². The van der Waals surface area contributed by atoms with E-state index in [2.05, 4.69) is 4.98 Å². The molecule has 186 valence electrons. The Hall–Kier alpha value is -4.01. The zero-order valence-electron chi connectivity index (χ0n) is 20.5. The standard InChI is InChI=1S/C26H30N2O7/c1-16(20-6-8-22(9-7-20)33-15-14-24-18(3)34-19(4)27-24)28(17(2)25(29)30)26(31)35-23-12-10-21(32-5)11-13-23/h6-13,16-17H,14-15H2,1-5H3,(H,29,30). The fourth-order valence-electron chi connectivity index (χ4n) is 3.64. The van der Waals surface area contributed by atoms with E-state index in [1.54, 1.807) is 62.4 Å². The van der Waals surface area contributed by atoms with Crippen LogP contribution < -0.4 is 14.2 Å². The van der Waals surface area contributed by atoms with Crippen LogP contribution in [0, 0.1) is 13.8 Å². The number of benzene rings is 2. The second-order valence-electron chi connectivity index (χ2n) is 8.04. The zero-order valence-corrected chi connectivity index (χ0v) is 20.5. The number of aromatic nitrogens is 1. The van der Waals surface area contributed by atoms with Gasteiger partial charge in [0.05, 0.1) is 25.5 Å². The van der Waals surface area contributed by atoms with Crippen molar-refractivity contribution < 1.29 is 33.3 Å². The first-order chi connectivity index (χ1) is 16.7. The molecule has 2 aromatic carbocycles. The van der Waals surface area contributed by atoms with Crippen LogP contribution in [0.25, 0.3) is 0 Å². The highest BCUT2D eigenvalue weighted by molar-refractivity contribution is 5.81. The Bertz CT molecular complexity index is 1140. The van der Waals surface area contributed by atoms with Crippen molar-refractivity contribution in [3.05, 3.63) is 71.4 Å². The Labute approximate surface area is 204 Å². The predicted molar refractivity (Wildman–Crippen MR) is 128 cm³/mol. The van der Waals surface area contributed by atoms with Gasteiger partial charge in [-0.1, -0.05) is 12.1 Å². The normalized spacial score (nSPS) is 12.5. The number of aliphatic carboxylic acids is 1. The third kappa shape index (κ3) is 6.53. The minimum atomic E-state index is -1.14. The maximum atomic E-state index is 13.0. The molecule has 1 aromatic heterocycles. The van der Waals surface area contributed by atoms with Crippen molar-refractivity contribution >= 4 is 12.1 Å². The van der Waals surface area contributed by atoms with Crippen LogP contribution in [-0.4, -0.2) is 46.8 Å². The topological polar surface area (TPSA) is 111 Å². The van der Waals surface area contributed by atoms with Gasteiger partial charge in [-0.25, -0.2) is 14.6 Å². The Morgan fingerprint density at radius 3 is 2.14 bits per heavy atom. The predicted octanol–water partition coefficient (Wildman–Crippen LogP) is 4.96. The van der Waals surface area contributed by atoms with E-state index in [1.165, 1.54) is 18.9 Å². The lowest BCUT2D eigenvalue weighted by Crippen LogP contribution is -2.46. The molecule has 0 saturated heterocycles. The SMILES string of the molecule is COc1ccc(OC(=O)N(C(C)C(=O)O)C(C)c2ccc(OCCc3nc(C)oc3C)cc2)cc1. The molecule has 35 heavy (non-hydrogen) atoms. The van der Waals surface area contributed by atoms with Crippen molar-refractivity contribution in [1.29, 1.82) is 0 Å². The molecule has 1 N–H and O–H groups in total. The lowest BCUT2D eigenvalue weighted by molar-refractivity contribution is -0.142. The van der Waals surface area contributed by atoms with Crippen molar-refractivity contribution in [1.82, 2.24) is 9.88 Å². The number of amides is 1. The number of carbonyl (C=O) groups excluding carboxylic acids is 1. The number of rotatable bonds is 10. The van der Waals surface area contributed by atoms with Crippen LogP contribution in [0.2, 0.25) is 0 Å². The number of carbonyl (C=O) groups is 2. The van der Waals surface area contributed by atoms with E-state index in [0.717, 1.165) is 17.0 Å². The summed E-state index contributed by atoms with van der Waals surface area (Å²) >= 11 is 0. The average Bonchev–Trinajstić information content (AvgIpc) is 3.16. The van der Waals surface area contributed by atoms with Crippen LogP contribution in [0.5, 0.6) is 17.2 Å². The van der Waals surface area contributed by atoms with E-state index < -0.39 is 24.1 Å². The van der Waals surface area contributed by atoms with Gasteiger partial charge in [0, 0.05) is 13.3 Å². The third-order valence-electron chi connectivity index (χ3n) is 5.64. The second kappa shape index (κ2) is 11.4.